The molecule has 17 heteroatoms. The number of aromatic nitrogens is 4. The van der Waals surface area contributed by atoms with Crippen LogP contribution < -0.4 is 4.74 Å². The maximum atomic E-state index is 13.6. The molecule has 2 fully saturated rings. The number of benzene rings is 3. The van der Waals surface area contributed by atoms with Crippen LogP contribution in [-0.4, -0.2) is 98.9 Å². The summed E-state index contributed by atoms with van der Waals surface area (Å²) >= 11 is 0. The molecular weight excluding hydrogens is 711 g/mol. The topological polar surface area (TPSA) is 79.6 Å². The summed E-state index contributed by atoms with van der Waals surface area (Å²) in [6, 6.07) is 23.9. The van der Waals surface area contributed by atoms with Crippen LogP contribution in [0, 0.1) is 0 Å². The van der Waals surface area contributed by atoms with Crippen molar-refractivity contribution < 1.29 is 35.9 Å². The summed E-state index contributed by atoms with van der Waals surface area (Å²) in [5, 5.41) is 9.94. The quantitative estimate of drug-likeness (QED) is 0.205. The number of alkyl halides is 6. The minimum absolute atomic E-state index is 0. The van der Waals surface area contributed by atoms with Crippen molar-refractivity contribution in [2.45, 2.75) is 43.3 Å². The van der Waals surface area contributed by atoms with Gasteiger partial charge in [-0.3, -0.25) is 14.6 Å². The number of methoxy groups -OCH3 is 1. The Bertz CT molecular complexity index is 1670. The Morgan fingerprint density at radius 3 is 2.10 bits per heavy atom. The number of carbonyl (C=O) groups is 1. The molecule has 0 spiro atoms. The van der Waals surface area contributed by atoms with E-state index >= 15 is 0 Å². The summed E-state index contributed by atoms with van der Waals surface area (Å²) in [7, 11) is 1.46. The number of amides is 1. The van der Waals surface area contributed by atoms with Crippen molar-refractivity contribution in [2.24, 2.45) is 0 Å². The molecule has 2 saturated heterocycles. The fourth-order valence-corrected chi connectivity index (χ4v) is 6.90. The molecule has 9 nitrogen and oxygen atoms in total. The number of halogens is 8. The molecule has 2 aliphatic heterocycles. The minimum Gasteiger partial charge on any atom is -0.496 e. The van der Waals surface area contributed by atoms with Gasteiger partial charge in [-0.2, -0.15) is 31.0 Å². The van der Waals surface area contributed by atoms with E-state index in [0.29, 0.717) is 35.6 Å². The normalized spacial score (nSPS) is 18.6. The standard InChI is InChI=1S/C33H33F6N7O2.2ClH/c1-48-28-13-12-25(46-31(33(37,38)39)40-41-42-46)16-24(28)18-43-19-26-20-44(29(47)17-32(34,35)36)14-15-45(26)27(21-43)30(22-8-4-2-5-9-22)23-10-6-3-7-11-23;;/h2-13,16,26-27,30H,14-15,17-21H2,1H3;2*1H/t26-,27+;;/m1../s1. The number of nitrogens with zero attached hydrogens (tertiary/aromatic N) is 7. The maximum absolute atomic E-state index is 13.6. The third kappa shape index (κ3) is 8.68. The molecule has 0 aliphatic carbocycles. The Hall–Kier alpha value is -3.92. The van der Waals surface area contributed by atoms with Crippen molar-refractivity contribution >= 4 is 30.7 Å². The van der Waals surface area contributed by atoms with Crippen LogP contribution in [0.2, 0.25) is 0 Å². The number of rotatable bonds is 8. The second kappa shape index (κ2) is 16.0. The van der Waals surface area contributed by atoms with Crippen LogP contribution in [0.3, 0.4) is 0 Å². The molecule has 6 rings (SSSR count). The van der Waals surface area contributed by atoms with Crippen LogP contribution in [0.4, 0.5) is 26.3 Å². The zero-order chi connectivity index (χ0) is 34.1. The van der Waals surface area contributed by atoms with Crippen LogP contribution in [0.15, 0.2) is 78.9 Å². The van der Waals surface area contributed by atoms with Crippen molar-refractivity contribution in [3.8, 4) is 11.4 Å². The van der Waals surface area contributed by atoms with Gasteiger partial charge in [-0.15, -0.1) is 29.9 Å². The van der Waals surface area contributed by atoms with Crippen molar-refractivity contribution in [1.82, 2.24) is 34.9 Å². The van der Waals surface area contributed by atoms with E-state index in [1.807, 2.05) is 60.7 Å². The monoisotopic (exact) mass is 745 g/mol. The van der Waals surface area contributed by atoms with Gasteiger partial charge in [-0.05, 0) is 39.8 Å². The van der Waals surface area contributed by atoms with Crippen molar-refractivity contribution in [3.05, 3.63) is 101 Å². The number of ether oxygens (including phenoxy) is 1. The average molecular weight is 747 g/mol. The van der Waals surface area contributed by atoms with Gasteiger partial charge >= 0.3 is 12.4 Å². The minimum atomic E-state index is -4.78. The van der Waals surface area contributed by atoms with Gasteiger partial charge < -0.3 is 9.64 Å². The largest absolute Gasteiger partial charge is 0.496 e. The molecule has 50 heavy (non-hydrogen) atoms. The highest BCUT2D eigenvalue weighted by atomic mass is 35.5. The molecule has 270 valence electrons. The summed E-state index contributed by atoms with van der Waals surface area (Å²) in [5.74, 6) is -1.92. The number of hydrogen-bond donors (Lipinski definition) is 0. The van der Waals surface area contributed by atoms with Gasteiger partial charge in [0, 0.05) is 62.8 Å². The Kier molecular flexibility index (Phi) is 12.4. The summed E-state index contributed by atoms with van der Waals surface area (Å²) in [5.41, 5.74) is 2.78. The molecule has 2 atom stereocenters. The van der Waals surface area contributed by atoms with E-state index in [1.165, 1.54) is 24.1 Å². The van der Waals surface area contributed by atoms with E-state index in [2.05, 4.69) is 25.3 Å². The number of piperazine rings is 2. The van der Waals surface area contributed by atoms with Gasteiger partial charge in [0.2, 0.25) is 5.91 Å². The van der Waals surface area contributed by atoms with Gasteiger partial charge in [-0.25, -0.2) is 0 Å². The Morgan fingerprint density at radius 2 is 1.52 bits per heavy atom. The molecule has 0 radical (unpaired) electrons. The summed E-state index contributed by atoms with van der Waals surface area (Å²) in [6.45, 7) is 1.83. The molecule has 1 aromatic heterocycles. The first-order valence-electron chi connectivity index (χ1n) is 15.4. The van der Waals surface area contributed by atoms with Gasteiger partial charge in [0.1, 0.15) is 12.2 Å². The van der Waals surface area contributed by atoms with Crippen LogP contribution in [-0.2, 0) is 17.5 Å². The maximum Gasteiger partial charge on any atom is 0.453 e. The average Bonchev–Trinajstić information content (AvgIpc) is 3.56. The highest BCUT2D eigenvalue weighted by molar-refractivity contribution is 5.85. The van der Waals surface area contributed by atoms with Gasteiger partial charge in [-0.1, -0.05) is 60.7 Å². The first kappa shape index (κ1) is 38.9. The number of hydrogen-bond acceptors (Lipinski definition) is 7. The van der Waals surface area contributed by atoms with Crippen molar-refractivity contribution in [3.63, 3.8) is 0 Å². The van der Waals surface area contributed by atoms with Gasteiger partial charge in [0.05, 0.1) is 12.8 Å². The van der Waals surface area contributed by atoms with Gasteiger partial charge in [0.15, 0.2) is 0 Å². The molecule has 4 aromatic rings. The van der Waals surface area contributed by atoms with Gasteiger partial charge in [0.25, 0.3) is 5.82 Å². The first-order chi connectivity index (χ1) is 22.9. The molecule has 1 amide bonds. The lowest BCUT2D eigenvalue weighted by atomic mass is 9.81. The SMILES string of the molecule is COc1ccc(-n2nnnc2C(F)(F)F)cc1CN1C[C@@H]2CN(C(=O)CC(F)(F)F)CCN2[C@H](C(c2ccccc2)c2ccccc2)C1.Cl.Cl. The molecule has 2 aliphatic rings. The first-order valence-corrected chi connectivity index (χ1v) is 15.4. The molecule has 0 bridgehead atoms. The summed E-state index contributed by atoms with van der Waals surface area (Å²) in [4.78, 5) is 18.4. The zero-order valence-electron chi connectivity index (χ0n) is 26.7. The predicted octanol–water partition coefficient (Wildman–Crippen LogP) is 6.01. The van der Waals surface area contributed by atoms with E-state index in [1.54, 1.807) is 6.07 Å². The second-order valence-electron chi connectivity index (χ2n) is 12.0. The van der Waals surface area contributed by atoms with Crippen LogP contribution in [0.5, 0.6) is 5.75 Å². The smallest absolute Gasteiger partial charge is 0.453 e. The van der Waals surface area contributed by atoms with Crippen molar-refractivity contribution in [2.75, 3.05) is 39.8 Å². The van der Waals surface area contributed by atoms with Crippen molar-refractivity contribution in [1.29, 1.82) is 0 Å². The fourth-order valence-electron chi connectivity index (χ4n) is 6.90. The molecule has 0 saturated carbocycles. The third-order valence-electron chi connectivity index (χ3n) is 8.90. The van der Waals surface area contributed by atoms with E-state index in [9.17, 15) is 31.1 Å². The van der Waals surface area contributed by atoms with Crippen LogP contribution in [0.1, 0.15) is 34.9 Å². The highest BCUT2D eigenvalue weighted by Gasteiger charge is 2.44. The predicted molar refractivity (Wildman–Crippen MR) is 177 cm³/mol. The Balaban J connectivity index is 0.00000281. The Morgan fingerprint density at radius 1 is 0.880 bits per heavy atom. The fraction of sp³-hybridized carbons (Fsp3) is 0.394. The second-order valence-corrected chi connectivity index (χ2v) is 12.0. The summed E-state index contributed by atoms with van der Waals surface area (Å²) < 4.78 is 86.7. The summed E-state index contributed by atoms with van der Waals surface area (Å²) in [6.07, 6.45) is -10.9. The molecule has 3 aromatic carbocycles. The molecule has 0 unspecified atom stereocenters. The van der Waals surface area contributed by atoms with E-state index < -0.39 is 30.5 Å². The third-order valence-corrected chi connectivity index (χ3v) is 8.90. The van der Waals surface area contributed by atoms with E-state index in [4.69, 9.17) is 4.74 Å². The number of fused-ring (bicyclic) bond motifs is 1. The molecular formula is C33H35Cl2F6N7O2. The van der Waals surface area contributed by atoms with Crippen LogP contribution >= 0.6 is 24.8 Å². The van der Waals surface area contributed by atoms with E-state index in [0.717, 1.165) is 11.1 Å². The van der Waals surface area contributed by atoms with Crippen LogP contribution in [0.25, 0.3) is 5.69 Å². The zero-order valence-corrected chi connectivity index (χ0v) is 28.4. The highest BCUT2D eigenvalue weighted by Crippen LogP contribution is 2.37. The Labute approximate surface area is 297 Å². The lowest BCUT2D eigenvalue weighted by molar-refractivity contribution is -0.164. The number of carbonyl (C=O) groups excluding carboxylic acids is 1. The lowest BCUT2D eigenvalue weighted by Gasteiger charge is -2.53. The number of tetrazole rings is 1. The molecule has 0 N–H and O–H groups in total. The lowest BCUT2D eigenvalue weighted by Crippen LogP contribution is -2.67. The molecule has 3 heterocycles. The van der Waals surface area contributed by atoms with E-state index in [-0.39, 0.29) is 68.1 Å².